The fraction of sp³-hybridized carbons (Fsp3) is 0.235. The van der Waals surface area contributed by atoms with Crippen molar-refractivity contribution in [3.63, 3.8) is 0 Å². The number of nitrogens with zero attached hydrogens (tertiary/aromatic N) is 3. The predicted octanol–water partition coefficient (Wildman–Crippen LogP) is 1.55. The van der Waals surface area contributed by atoms with E-state index >= 15 is 0 Å². The summed E-state index contributed by atoms with van der Waals surface area (Å²) in [5, 5.41) is 0. The molecule has 0 fully saturated rings. The van der Waals surface area contributed by atoms with Gasteiger partial charge in [-0.05, 0) is 6.92 Å². The van der Waals surface area contributed by atoms with Crippen LogP contribution in [0, 0.1) is 19.3 Å². The predicted molar refractivity (Wildman–Crippen MR) is 85.5 cm³/mol. The Bertz CT molecular complexity index is 799. The molecule has 5 nitrogen and oxygen atoms in total. The van der Waals surface area contributed by atoms with Crippen LogP contribution in [0.15, 0.2) is 35.1 Å². The highest BCUT2D eigenvalue weighted by molar-refractivity contribution is 5.93. The van der Waals surface area contributed by atoms with Gasteiger partial charge in [-0.3, -0.25) is 14.2 Å². The maximum Gasteiger partial charge on any atom is 0.272 e. The van der Waals surface area contributed by atoms with E-state index in [9.17, 15) is 9.59 Å². The van der Waals surface area contributed by atoms with E-state index in [1.54, 1.807) is 21.0 Å². The molecule has 0 atom stereocenters. The molecule has 0 saturated heterocycles. The molecule has 5 heteroatoms. The Morgan fingerprint density at radius 2 is 1.95 bits per heavy atom. The van der Waals surface area contributed by atoms with Crippen LogP contribution in [-0.2, 0) is 6.54 Å². The lowest BCUT2D eigenvalue weighted by Crippen LogP contribution is -2.32. The van der Waals surface area contributed by atoms with Gasteiger partial charge in [0.1, 0.15) is 11.5 Å². The minimum atomic E-state index is -0.306. The largest absolute Gasteiger partial charge is 0.343 e. The van der Waals surface area contributed by atoms with Gasteiger partial charge in [0, 0.05) is 25.2 Å². The van der Waals surface area contributed by atoms with Crippen molar-refractivity contribution in [1.82, 2.24) is 14.5 Å². The van der Waals surface area contributed by atoms with Crippen molar-refractivity contribution in [2.45, 2.75) is 13.5 Å². The van der Waals surface area contributed by atoms with Crippen LogP contribution in [-0.4, -0.2) is 34.5 Å². The molecule has 0 N–H and O–H groups in total. The first-order valence-electron chi connectivity index (χ1n) is 6.79. The lowest BCUT2D eigenvalue weighted by molar-refractivity contribution is 0.0820. The Morgan fingerprint density at radius 3 is 2.50 bits per heavy atom. The molecule has 0 aliphatic heterocycles. The topological polar surface area (TPSA) is 55.2 Å². The second-order valence-electron chi connectivity index (χ2n) is 5.07. The molecule has 112 valence electrons. The average molecular weight is 295 g/mol. The second kappa shape index (κ2) is 6.27. The molecular weight excluding hydrogens is 278 g/mol. The van der Waals surface area contributed by atoms with Gasteiger partial charge in [0.2, 0.25) is 0 Å². The number of carbonyl (C=O) groups excluding carboxylic acids is 1. The summed E-state index contributed by atoms with van der Waals surface area (Å²) in [6, 6.07) is 9.21. The quantitative estimate of drug-likeness (QED) is 0.807. The van der Waals surface area contributed by atoms with Crippen LogP contribution in [0.25, 0.3) is 11.4 Å². The smallest absolute Gasteiger partial charge is 0.272 e. The SMILES string of the molecule is C#CCn1c(-c2ccccc2)nc(C(=O)N(C)C)c(C)c1=O. The molecule has 1 heterocycles. The van der Waals surface area contributed by atoms with E-state index in [4.69, 9.17) is 6.42 Å². The summed E-state index contributed by atoms with van der Waals surface area (Å²) in [6.45, 7) is 1.70. The molecule has 0 spiro atoms. The molecule has 0 bridgehead atoms. The van der Waals surface area contributed by atoms with E-state index < -0.39 is 0 Å². The lowest BCUT2D eigenvalue weighted by Gasteiger charge is -2.16. The molecule has 0 unspecified atom stereocenters. The van der Waals surface area contributed by atoms with Crippen LogP contribution in [0.1, 0.15) is 16.1 Å². The van der Waals surface area contributed by atoms with Gasteiger partial charge in [-0.25, -0.2) is 4.98 Å². The van der Waals surface area contributed by atoms with Gasteiger partial charge < -0.3 is 4.90 Å². The van der Waals surface area contributed by atoms with Crippen LogP contribution < -0.4 is 5.56 Å². The van der Waals surface area contributed by atoms with E-state index in [1.807, 2.05) is 30.3 Å². The Hall–Kier alpha value is -2.87. The Labute approximate surface area is 129 Å². The fourth-order valence-electron chi connectivity index (χ4n) is 2.12. The van der Waals surface area contributed by atoms with Gasteiger partial charge in [0.25, 0.3) is 11.5 Å². The first kappa shape index (κ1) is 15.5. The van der Waals surface area contributed by atoms with E-state index in [-0.39, 0.29) is 23.7 Å². The maximum atomic E-state index is 12.6. The summed E-state index contributed by atoms with van der Waals surface area (Å²) in [7, 11) is 3.25. The fourth-order valence-corrected chi connectivity index (χ4v) is 2.12. The zero-order valence-corrected chi connectivity index (χ0v) is 12.8. The van der Waals surface area contributed by atoms with Crippen molar-refractivity contribution >= 4 is 5.91 Å². The number of rotatable bonds is 3. The van der Waals surface area contributed by atoms with Crippen molar-refractivity contribution in [1.29, 1.82) is 0 Å². The molecule has 22 heavy (non-hydrogen) atoms. The van der Waals surface area contributed by atoms with Crippen molar-refractivity contribution in [3.8, 4) is 23.7 Å². The van der Waals surface area contributed by atoms with Gasteiger partial charge in [-0.15, -0.1) is 6.42 Å². The van der Waals surface area contributed by atoms with Gasteiger partial charge in [0.05, 0.1) is 6.54 Å². The minimum absolute atomic E-state index is 0.104. The Balaban J connectivity index is 2.78. The highest BCUT2D eigenvalue weighted by Crippen LogP contribution is 2.17. The Morgan fingerprint density at radius 1 is 1.32 bits per heavy atom. The molecule has 1 amide bonds. The number of carbonyl (C=O) groups is 1. The number of hydrogen-bond acceptors (Lipinski definition) is 3. The summed E-state index contributed by atoms with van der Waals surface area (Å²) in [5.74, 6) is 2.56. The lowest BCUT2D eigenvalue weighted by atomic mass is 10.1. The molecular formula is C17H17N3O2. The third kappa shape index (κ3) is 2.77. The number of terminal acetylenes is 1. The van der Waals surface area contributed by atoms with Gasteiger partial charge in [-0.2, -0.15) is 0 Å². The van der Waals surface area contributed by atoms with Crippen molar-refractivity contribution < 1.29 is 4.79 Å². The summed E-state index contributed by atoms with van der Waals surface area (Å²) in [5.41, 5.74) is 0.899. The monoisotopic (exact) mass is 295 g/mol. The number of hydrogen-bond donors (Lipinski definition) is 0. The molecule has 0 saturated carbocycles. The summed E-state index contributed by atoms with van der Waals surface area (Å²) in [4.78, 5) is 30.6. The van der Waals surface area contributed by atoms with Crippen molar-refractivity contribution in [2.24, 2.45) is 0 Å². The number of aromatic nitrogens is 2. The van der Waals surface area contributed by atoms with Gasteiger partial charge in [0.15, 0.2) is 0 Å². The zero-order valence-electron chi connectivity index (χ0n) is 12.8. The summed E-state index contributed by atoms with van der Waals surface area (Å²) in [6.07, 6.45) is 5.36. The highest BCUT2D eigenvalue weighted by atomic mass is 16.2. The van der Waals surface area contributed by atoms with E-state index in [1.165, 1.54) is 9.47 Å². The first-order valence-corrected chi connectivity index (χ1v) is 6.79. The highest BCUT2D eigenvalue weighted by Gasteiger charge is 2.20. The van der Waals surface area contributed by atoms with Crippen LogP contribution in [0.2, 0.25) is 0 Å². The second-order valence-corrected chi connectivity index (χ2v) is 5.07. The maximum absolute atomic E-state index is 12.6. The average Bonchev–Trinajstić information content (AvgIpc) is 2.52. The number of amides is 1. The third-order valence-corrected chi connectivity index (χ3v) is 3.28. The van der Waals surface area contributed by atoms with Crippen molar-refractivity contribution in [2.75, 3.05) is 14.1 Å². The zero-order chi connectivity index (χ0) is 16.3. The molecule has 1 aromatic heterocycles. The van der Waals surface area contributed by atoms with Crippen LogP contribution in [0.3, 0.4) is 0 Å². The summed E-state index contributed by atoms with van der Waals surface area (Å²) < 4.78 is 1.41. The number of benzene rings is 1. The Kier molecular flexibility index (Phi) is 4.42. The van der Waals surface area contributed by atoms with E-state index in [0.29, 0.717) is 11.4 Å². The summed E-state index contributed by atoms with van der Waals surface area (Å²) >= 11 is 0. The van der Waals surface area contributed by atoms with Gasteiger partial charge in [-0.1, -0.05) is 36.3 Å². The third-order valence-electron chi connectivity index (χ3n) is 3.28. The normalized spacial score (nSPS) is 10.1. The van der Waals surface area contributed by atoms with Crippen molar-refractivity contribution in [3.05, 3.63) is 51.9 Å². The van der Waals surface area contributed by atoms with E-state index in [0.717, 1.165) is 5.56 Å². The molecule has 2 rings (SSSR count). The molecule has 1 aromatic carbocycles. The van der Waals surface area contributed by atoms with E-state index in [2.05, 4.69) is 10.9 Å². The molecule has 0 radical (unpaired) electrons. The molecule has 0 aliphatic carbocycles. The van der Waals surface area contributed by atoms with Crippen LogP contribution in [0.5, 0.6) is 0 Å². The van der Waals surface area contributed by atoms with Crippen LogP contribution >= 0.6 is 0 Å². The first-order chi connectivity index (χ1) is 10.5. The minimum Gasteiger partial charge on any atom is -0.343 e. The van der Waals surface area contributed by atoms with Crippen LogP contribution in [0.4, 0.5) is 0 Å². The standard InChI is InChI=1S/C17H17N3O2/c1-5-11-20-15(13-9-7-6-8-10-13)18-14(12(2)16(20)21)17(22)19(3)4/h1,6-10H,11H2,2-4H3. The van der Waals surface area contributed by atoms with Gasteiger partial charge >= 0.3 is 0 Å². The molecule has 0 aliphatic rings. The molecule has 2 aromatic rings.